The van der Waals surface area contributed by atoms with Gasteiger partial charge in [0.15, 0.2) is 0 Å². The standard InChI is InChI=1S/C10H15N5O3/c1-13-4-2-7(3-5-13)14-6-8(15(17)18)9(12-14)10(11)16/h6-7H,2-5H2,1H3,(H2,11,16). The monoisotopic (exact) mass is 253 g/mol. The fourth-order valence-electron chi connectivity index (χ4n) is 2.14. The molecule has 8 heteroatoms. The van der Waals surface area contributed by atoms with E-state index in [0.717, 1.165) is 25.9 Å². The second kappa shape index (κ2) is 4.73. The molecule has 0 spiro atoms. The van der Waals surface area contributed by atoms with Crippen LogP contribution in [0.1, 0.15) is 29.4 Å². The fourth-order valence-corrected chi connectivity index (χ4v) is 2.14. The number of primary amides is 1. The first-order valence-electron chi connectivity index (χ1n) is 5.71. The first-order valence-corrected chi connectivity index (χ1v) is 5.71. The van der Waals surface area contributed by atoms with E-state index in [2.05, 4.69) is 10.00 Å². The minimum absolute atomic E-state index is 0.0907. The van der Waals surface area contributed by atoms with Crippen LogP contribution in [0.3, 0.4) is 0 Å². The highest BCUT2D eigenvalue weighted by molar-refractivity contribution is 5.94. The Morgan fingerprint density at radius 3 is 2.61 bits per heavy atom. The lowest BCUT2D eigenvalue weighted by Crippen LogP contribution is -2.31. The van der Waals surface area contributed by atoms with E-state index in [1.807, 2.05) is 7.05 Å². The van der Waals surface area contributed by atoms with Gasteiger partial charge < -0.3 is 10.6 Å². The maximum Gasteiger partial charge on any atom is 0.320 e. The molecule has 2 N–H and O–H groups in total. The summed E-state index contributed by atoms with van der Waals surface area (Å²) in [4.78, 5) is 23.5. The molecule has 98 valence electrons. The Bertz CT molecular complexity index is 444. The number of rotatable bonds is 3. The summed E-state index contributed by atoms with van der Waals surface area (Å²) in [5, 5.41) is 14.8. The van der Waals surface area contributed by atoms with Gasteiger partial charge in [-0.3, -0.25) is 19.6 Å². The molecule has 0 aliphatic carbocycles. The number of piperidine rings is 1. The summed E-state index contributed by atoms with van der Waals surface area (Å²) < 4.78 is 1.51. The second-order valence-electron chi connectivity index (χ2n) is 4.50. The molecule has 8 nitrogen and oxygen atoms in total. The Balaban J connectivity index is 2.26. The van der Waals surface area contributed by atoms with Gasteiger partial charge in [0.2, 0.25) is 5.69 Å². The van der Waals surface area contributed by atoms with Gasteiger partial charge in [0, 0.05) is 0 Å². The van der Waals surface area contributed by atoms with Gasteiger partial charge in [-0.05, 0) is 33.0 Å². The zero-order valence-corrected chi connectivity index (χ0v) is 10.1. The molecule has 0 bridgehead atoms. The molecule has 1 amide bonds. The molecular formula is C10H15N5O3. The molecule has 18 heavy (non-hydrogen) atoms. The van der Waals surface area contributed by atoms with Gasteiger partial charge >= 0.3 is 5.69 Å². The molecule has 0 unspecified atom stereocenters. The summed E-state index contributed by atoms with van der Waals surface area (Å²) in [6.07, 6.45) is 3.01. The van der Waals surface area contributed by atoms with Crippen LogP contribution in [-0.4, -0.2) is 45.6 Å². The van der Waals surface area contributed by atoms with Crippen molar-refractivity contribution in [3.8, 4) is 0 Å². The van der Waals surface area contributed by atoms with Gasteiger partial charge in [-0.1, -0.05) is 0 Å². The van der Waals surface area contributed by atoms with Gasteiger partial charge in [0.25, 0.3) is 5.91 Å². The lowest BCUT2D eigenvalue weighted by Gasteiger charge is -2.28. The third-order valence-corrected chi connectivity index (χ3v) is 3.20. The van der Waals surface area contributed by atoms with Crippen LogP contribution in [0, 0.1) is 10.1 Å². The summed E-state index contributed by atoms with van der Waals surface area (Å²) in [6, 6.07) is 0.0907. The first-order chi connectivity index (χ1) is 8.49. The molecule has 1 aliphatic heterocycles. The first kappa shape index (κ1) is 12.5. The van der Waals surface area contributed by atoms with Crippen molar-refractivity contribution in [3.05, 3.63) is 22.0 Å². The Hall–Kier alpha value is -1.96. The number of carbonyl (C=O) groups is 1. The molecule has 1 fully saturated rings. The van der Waals surface area contributed by atoms with E-state index >= 15 is 0 Å². The molecule has 0 radical (unpaired) electrons. The highest BCUT2D eigenvalue weighted by Crippen LogP contribution is 2.25. The number of nitrogens with two attached hydrogens (primary N) is 1. The minimum Gasteiger partial charge on any atom is -0.364 e. The Morgan fingerprint density at radius 2 is 2.17 bits per heavy atom. The molecule has 0 atom stereocenters. The molecule has 1 aliphatic rings. The van der Waals surface area contributed by atoms with Gasteiger partial charge in [-0.15, -0.1) is 0 Å². The predicted molar refractivity (Wildman–Crippen MR) is 63.2 cm³/mol. The maximum atomic E-state index is 11.1. The van der Waals surface area contributed by atoms with Crippen LogP contribution in [0.5, 0.6) is 0 Å². The zero-order chi connectivity index (χ0) is 13.3. The molecular weight excluding hydrogens is 238 g/mol. The molecule has 1 saturated heterocycles. The molecule has 1 aromatic heterocycles. The minimum atomic E-state index is -0.867. The van der Waals surface area contributed by atoms with E-state index < -0.39 is 10.8 Å². The average Bonchev–Trinajstić information content (AvgIpc) is 2.75. The number of carbonyl (C=O) groups excluding carboxylic acids is 1. The van der Waals surface area contributed by atoms with Crippen molar-refractivity contribution in [1.29, 1.82) is 0 Å². The van der Waals surface area contributed by atoms with E-state index in [9.17, 15) is 14.9 Å². The van der Waals surface area contributed by atoms with Crippen LogP contribution in [-0.2, 0) is 0 Å². The number of hydrogen-bond donors (Lipinski definition) is 1. The number of hydrogen-bond acceptors (Lipinski definition) is 5. The van der Waals surface area contributed by atoms with Crippen LogP contribution in [0.2, 0.25) is 0 Å². The summed E-state index contributed by atoms with van der Waals surface area (Å²) in [6.45, 7) is 1.81. The van der Waals surface area contributed by atoms with Gasteiger partial charge in [-0.25, -0.2) is 0 Å². The number of likely N-dealkylation sites (tertiary alicyclic amines) is 1. The highest BCUT2D eigenvalue weighted by atomic mass is 16.6. The lowest BCUT2D eigenvalue weighted by atomic mass is 10.1. The molecule has 0 aromatic carbocycles. The van der Waals surface area contributed by atoms with Crippen molar-refractivity contribution in [1.82, 2.24) is 14.7 Å². The number of aromatic nitrogens is 2. The number of amides is 1. The van der Waals surface area contributed by atoms with E-state index in [4.69, 9.17) is 5.73 Å². The Morgan fingerprint density at radius 1 is 1.56 bits per heavy atom. The molecule has 2 heterocycles. The highest BCUT2D eigenvalue weighted by Gasteiger charge is 2.27. The van der Waals surface area contributed by atoms with E-state index in [1.54, 1.807) is 0 Å². The predicted octanol–water partition coefficient (Wildman–Crippen LogP) is 0.157. The Labute approximate surface area is 104 Å². The normalized spacial score (nSPS) is 17.8. The van der Waals surface area contributed by atoms with Crippen molar-refractivity contribution in [2.75, 3.05) is 20.1 Å². The summed E-state index contributed by atoms with van der Waals surface area (Å²) in [7, 11) is 2.02. The van der Waals surface area contributed by atoms with Crippen LogP contribution in [0.15, 0.2) is 6.20 Å². The van der Waals surface area contributed by atoms with E-state index in [1.165, 1.54) is 10.9 Å². The SMILES string of the molecule is CN1CCC(n2cc([N+](=O)[O-])c(C(N)=O)n2)CC1. The smallest absolute Gasteiger partial charge is 0.320 e. The van der Waals surface area contributed by atoms with Gasteiger partial charge in [0.1, 0.15) is 6.20 Å². The van der Waals surface area contributed by atoms with Crippen molar-refractivity contribution in [2.24, 2.45) is 5.73 Å². The lowest BCUT2D eigenvalue weighted by molar-refractivity contribution is -0.385. The van der Waals surface area contributed by atoms with E-state index in [-0.39, 0.29) is 17.4 Å². The van der Waals surface area contributed by atoms with Crippen LogP contribution < -0.4 is 5.73 Å². The van der Waals surface area contributed by atoms with Crippen molar-refractivity contribution in [2.45, 2.75) is 18.9 Å². The topological polar surface area (TPSA) is 107 Å². The summed E-state index contributed by atoms with van der Waals surface area (Å²) >= 11 is 0. The number of nitro groups is 1. The summed E-state index contributed by atoms with van der Waals surface area (Å²) in [5.74, 6) is -0.867. The van der Waals surface area contributed by atoms with Crippen LogP contribution >= 0.6 is 0 Å². The van der Waals surface area contributed by atoms with Crippen molar-refractivity contribution < 1.29 is 9.72 Å². The Kier molecular flexibility index (Phi) is 3.28. The molecule has 1 aromatic rings. The molecule has 2 rings (SSSR count). The maximum absolute atomic E-state index is 11.1. The van der Waals surface area contributed by atoms with Gasteiger partial charge in [-0.2, -0.15) is 5.10 Å². The largest absolute Gasteiger partial charge is 0.364 e. The van der Waals surface area contributed by atoms with Crippen molar-refractivity contribution in [3.63, 3.8) is 0 Å². The van der Waals surface area contributed by atoms with Gasteiger partial charge in [0.05, 0.1) is 11.0 Å². The van der Waals surface area contributed by atoms with Crippen LogP contribution in [0.4, 0.5) is 5.69 Å². The molecule has 0 saturated carbocycles. The van der Waals surface area contributed by atoms with Crippen LogP contribution in [0.25, 0.3) is 0 Å². The number of nitrogens with zero attached hydrogens (tertiary/aromatic N) is 4. The van der Waals surface area contributed by atoms with E-state index in [0.29, 0.717) is 0 Å². The second-order valence-corrected chi connectivity index (χ2v) is 4.50. The summed E-state index contributed by atoms with van der Waals surface area (Å²) in [5.41, 5.74) is 4.51. The third-order valence-electron chi connectivity index (χ3n) is 3.20. The quantitative estimate of drug-likeness (QED) is 0.609. The van der Waals surface area contributed by atoms with Crippen molar-refractivity contribution >= 4 is 11.6 Å². The third kappa shape index (κ3) is 2.33. The fraction of sp³-hybridized carbons (Fsp3) is 0.600. The zero-order valence-electron chi connectivity index (χ0n) is 10.1. The average molecular weight is 253 g/mol.